The molecule has 8 nitrogen and oxygen atoms in total. The third-order valence-corrected chi connectivity index (χ3v) is 3.06. The van der Waals surface area contributed by atoms with E-state index >= 15 is 0 Å². The van der Waals surface area contributed by atoms with Crippen LogP contribution in [0.4, 0.5) is 0 Å². The highest BCUT2D eigenvalue weighted by Crippen LogP contribution is 2.21. The number of amides is 1. The van der Waals surface area contributed by atoms with Crippen molar-refractivity contribution in [2.75, 3.05) is 26.8 Å². The fraction of sp³-hybridized carbons (Fsp3) is 0.636. The van der Waals surface area contributed by atoms with Crippen LogP contribution in [0, 0.1) is 0 Å². The highest BCUT2D eigenvalue weighted by atomic mass is 16.5. The van der Waals surface area contributed by atoms with E-state index in [1.54, 1.807) is 12.0 Å². The Morgan fingerprint density at radius 3 is 2.84 bits per heavy atom. The van der Waals surface area contributed by atoms with Crippen molar-refractivity contribution >= 4 is 11.9 Å². The summed E-state index contributed by atoms with van der Waals surface area (Å²) in [7, 11) is 1.61. The first kappa shape index (κ1) is 13.5. The lowest BCUT2D eigenvalue weighted by Crippen LogP contribution is -2.50. The summed E-state index contributed by atoms with van der Waals surface area (Å²) >= 11 is 0. The largest absolute Gasteiger partial charge is 0.476 e. The average molecular weight is 268 g/mol. The van der Waals surface area contributed by atoms with Crippen LogP contribution in [0.5, 0.6) is 0 Å². The molecule has 19 heavy (non-hydrogen) atoms. The second-order valence-electron chi connectivity index (χ2n) is 4.44. The highest BCUT2D eigenvalue weighted by molar-refractivity contribution is 5.84. The number of rotatable bonds is 6. The Hall–Kier alpha value is -1.96. The molecule has 0 bridgehead atoms. The molecular formula is C11H16N4O4. The quantitative estimate of drug-likeness (QED) is 0.717. The van der Waals surface area contributed by atoms with Crippen LogP contribution in [0.15, 0.2) is 6.20 Å². The minimum Gasteiger partial charge on any atom is -0.476 e. The van der Waals surface area contributed by atoms with Crippen molar-refractivity contribution < 1.29 is 19.4 Å². The lowest BCUT2D eigenvalue weighted by atomic mass is 10.1. The maximum Gasteiger partial charge on any atom is 0.358 e. The molecule has 8 heteroatoms. The van der Waals surface area contributed by atoms with Gasteiger partial charge in [0.1, 0.15) is 0 Å². The van der Waals surface area contributed by atoms with Gasteiger partial charge in [-0.2, -0.15) is 0 Å². The molecule has 1 N–H and O–H groups in total. The number of hydrogen-bond acceptors (Lipinski definition) is 5. The molecule has 2 rings (SSSR count). The van der Waals surface area contributed by atoms with E-state index in [0.29, 0.717) is 32.5 Å². The van der Waals surface area contributed by atoms with Crippen LogP contribution in [0.1, 0.15) is 29.4 Å². The number of aromatic carboxylic acids is 1. The lowest BCUT2D eigenvalue weighted by Gasteiger charge is -2.38. The molecule has 2 heterocycles. The van der Waals surface area contributed by atoms with Gasteiger partial charge in [-0.05, 0) is 6.42 Å². The SMILES string of the molecule is COCCCC(=O)N1CC(n2cc(C(=O)O)nn2)C1. The summed E-state index contributed by atoms with van der Waals surface area (Å²) in [6, 6.07) is 0.0203. The van der Waals surface area contributed by atoms with Gasteiger partial charge in [-0.15, -0.1) is 5.10 Å². The topological polar surface area (TPSA) is 97.5 Å². The van der Waals surface area contributed by atoms with Crippen molar-refractivity contribution in [3.63, 3.8) is 0 Å². The summed E-state index contributed by atoms with van der Waals surface area (Å²) in [5.41, 5.74) is -0.0788. The van der Waals surface area contributed by atoms with E-state index in [9.17, 15) is 9.59 Å². The number of carbonyl (C=O) groups excluding carboxylic acids is 1. The summed E-state index contributed by atoms with van der Waals surface area (Å²) in [4.78, 5) is 24.1. The second kappa shape index (κ2) is 5.79. The Kier molecular flexibility index (Phi) is 4.10. The number of carbonyl (C=O) groups is 2. The molecule has 0 saturated carbocycles. The number of ether oxygens (including phenoxy) is 1. The molecule has 104 valence electrons. The number of carboxylic acid groups (broad SMARTS) is 1. The maximum atomic E-state index is 11.7. The number of hydrogen-bond donors (Lipinski definition) is 1. The van der Waals surface area contributed by atoms with E-state index in [2.05, 4.69) is 10.3 Å². The number of likely N-dealkylation sites (tertiary alicyclic amines) is 1. The van der Waals surface area contributed by atoms with E-state index < -0.39 is 5.97 Å². The molecule has 0 spiro atoms. The first-order chi connectivity index (χ1) is 9.11. The number of nitrogens with zero attached hydrogens (tertiary/aromatic N) is 4. The van der Waals surface area contributed by atoms with Crippen molar-refractivity contribution in [3.05, 3.63) is 11.9 Å². The zero-order chi connectivity index (χ0) is 13.8. The van der Waals surface area contributed by atoms with E-state index in [0.717, 1.165) is 0 Å². The summed E-state index contributed by atoms with van der Waals surface area (Å²) in [6.07, 6.45) is 2.57. The lowest BCUT2D eigenvalue weighted by molar-refractivity contribution is -0.137. The van der Waals surface area contributed by atoms with Gasteiger partial charge in [0.05, 0.1) is 12.2 Å². The molecule has 0 aliphatic carbocycles. The van der Waals surface area contributed by atoms with Crippen LogP contribution in [0.25, 0.3) is 0 Å². The van der Waals surface area contributed by atoms with Gasteiger partial charge >= 0.3 is 5.97 Å². The maximum absolute atomic E-state index is 11.7. The zero-order valence-corrected chi connectivity index (χ0v) is 10.7. The molecule has 0 radical (unpaired) electrons. The molecule has 1 fully saturated rings. The van der Waals surface area contributed by atoms with Crippen molar-refractivity contribution in [3.8, 4) is 0 Å². The highest BCUT2D eigenvalue weighted by Gasteiger charge is 2.32. The average Bonchev–Trinajstić information content (AvgIpc) is 2.77. The molecule has 1 amide bonds. The summed E-state index contributed by atoms with van der Waals surface area (Å²) < 4.78 is 6.39. The Bertz CT molecular complexity index is 467. The van der Waals surface area contributed by atoms with Gasteiger partial charge in [0.25, 0.3) is 0 Å². The van der Waals surface area contributed by atoms with E-state index in [1.165, 1.54) is 10.9 Å². The monoisotopic (exact) mass is 268 g/mol. The third-order valence-electron chi connectivity index (χ3n) is 3.06. The first-order valence-corrected chi connectivity index (χ1v) is 6.03. The van der Waals surface area contributed by atoms with Crippen molar-refractivity contribution in [1.82, 2.24) is 19.9 Å². The van der Waals surface area contributed by atoms with Gasteiger partial charge in [0, 0.05) is 33.2 Å². The van der Waals surface area contributed by atoms with Crippen LogP contribution in [0.2, 0.25) is 0 Å². The predicted octanol–water partition coefficient (Wildman–Crippen LogP) is -0.214. The van der Waals surface area contributed by atoms with Crippen LogP contribution < -0.4 is 0 Å². The Morgan fingerprint density at radius 1 is 1.53 bits per heavy atom. The zero-order valence-electron chi connectivity index (χ0n) is 10.7. The van der Waals surface area contributed by atoms with Crippen molar-refractivity contribution in [2.45, 2.75) is 18.9 Å². The van der Waals surface area contributed by atoms with Gasteiger partial charge in [-0.1, -0.05) is 5.21 Å². The fourth-order valence-corrected chi connectivity index (χ4v) is 1.91. The number of aromatic nitrogens is 3. The molecule has 0 unspecified atom stereocenters. The molecule has 0 aromatic carbocycles. The van der Waals surface area contributed by atoms with Crippen LogP contribution >= 0.6 is 0 Å². The predicted molar refractivity (Wildman–Crippen MR) is 63.7 cm³/mol. The van der Waals surface area contributed by atoms with Gasteiger partial charge in [-0.25, -0.2) is 9.48 Å². The molecule has 1 aliphatic heterocycles. The van der Waals surface area contributed by atoms with Gasteiger partial charge in [0.15, 0.2) is 5.69 Å². The Balaban J connectivity index is 1.78. The van der Waals surface area contributed by atoms with Gasteiger partial charge in [0.2, 0.25) is 5.91 Å². The summed E-state index contributed by atoms with van der Waals surface area (Å²) in [5, 5.41) is 16.0. The molecule has 0 atom stereocenters. The summed E-state index contributed by atoms with van der Waals surface area (Å²) in [5.74, 6) is -1.01. The third kappa shape index (κ3) is 3.08. The normalized spacial score (nSPS) is 15.3. The minimum absolute atomic E-state index is 0.0203. The number of carboxylic acids is 1. The summed E-state index contributed by atoms with van der Waals surface area (Å²) in [6.45, 7) is 1.68. The van der Waals surface area contributed by atoms with E-state index in [1.807, 2.05) is 0 Å². The molecular weight excluding hydrogens is 252 g/mol. The Morgan fingerprint density at radius 2 is 2.26 bits per heavy atom. The van der Waals surface area contributed by atoms with Crippen LogP contribution in [-0.4, -0.2) is 63.7 Å². The van der Waals surface area contributed by atoms with E-state index in [-0.39, 0.29) is 17.6 Å². The second-order valence-corrected chi connectivity index (χ2v) is 4.44. The number of methoxy groups -OCH3 is 1. The van der Waals surface area contributed by atoms with Crippen LogP contribution in [-0.2, 0) is 9.53 Å². The van der Waals surface area contributed by atoms with Gasteiger partial charge in [-0.3, -0.25) is 4.79 Å². The smallest absolute Gasteiger partial charge is 0.358 e. The van der Waals surface area contributed by atoms with Crippen molar-refractivity contribution in [1.29, 1.82) is 0 Å². The molecule has 1 saturated heterocycles. The fourth-order valence-electron chi connectivity index (χ4n) is 1.91. The molecule has 1 aliphatic rings. The minimum atomic E-state index is -1.10. The van der Waals surface area contributed by atoms with E-state index in [4.69, 9.17) is 9.84 Å². The molecule has 1 aromatic heterocycles. The van der Waals surface area contributed by atoms with Crippen molar-refractivity contribution in [2.24, 2.45) is 0 Å². The molecule has 1 aromatic rings. The first-order valence-electron chi connectivity index (χ1n) is 6.03. The standard InChI is InChI=1S/C11H16N4O4/c1-19-4-2-3-10(16)14-5-8(6-14)15-7-9(11(17)18)12-13-15/h7-8H,2-6H2,1H3,(H,17,18). The Labute approximate surface area is 109 Å². The van der Waals surface area contributed by atoms with Crippen LogP contribution in [0.3, 0.4) is 0 Å². The van der Waals surface area contributed by atoms with Gasteiger partial charge < -0.3 is 14.7 Å².